The Bertz CT molecular complexity index is 448. The Morgan fingerprint density at radius 3 is 2.40 bits per heavy atom. The number of hydrogen-bond donors (Lipinski definition) is 1. The number of nitrogens with zero attached hydrogens (tertiary/aromatic N) is 1. The maximum atomic E-state index is 12.7. The fourth-order valence-corrected chi connectivity index (χ4v) is 2.52. The Labute approximate surface area is 121 Å². The lowest BCUT2D eigenvalue weighted by atomic mass is 9.83. The van der Waals surface area contributed by atoms with E-state index in [0.717, 1.165) is 37.5 Å². The highest BCUT2D eigenvalue weighted by atomic mass is 16.5. The first-order chi connectivity index (χ1) is 9.55. The molecule has 0 spiro atoms. The minimum Gasteiger partial charge on any atom is -0.494 e. The summed E-state index contributed by atoms with van der Waals surface area (Å²) in [4.78, 5) is 14.6. The molecular formula is C16H24N2O2. The molecule has 110 valence electrons. The molecule has 4 nitrogen and oxygen atoms in total. The molecule has 1 fully saturated rings. The van der Waals surface area contributed by atoms with Crippen LogP contribution in [0, 0.1) is 0 Å². The summed E-state index contributed by atoms with van der Waals surface area (Å²) in [5.74, 6) is 1.05. The van der Waals surface area contributed by atoms with Crippen molar-refractivity contribution in [3.05, 3.63) is 29.8 Å². The zero-order valence-corrected chi connectivity index (χ0v) is 12.6. The van der Waals surface area contributed by atoms with Gasteiger partial charge in [0.25, 0.3) is 0 Å². The number of amides is 1. The molecule has 1 saturated heterocycles. The van der Waals surface area contributed by atoms with E-state index in [1.807, 2.05) is 49.9 Å². The summed E-state index contributed by atoms with van der Waals surface area (Å²) in [7, 11) is 0. The van der Waals surface area contributed by atoms with Gasteiger partial charge in [-0.3, -0.25) is 4.79 Å². The number of nitrogens with one attached hydrogen (secondary N) is 1. The molecule has 0 saturated carbocycles. The standard InChI is InChI=1S/C16H24N2O2/c1-4-20-14-7-5-13(6-8-14)16(2,3)15(19)18-11-9-17-10-12-18/h5-8,17H,4,9-12H2,1-3H3. The van der Waals surface area contributed by atoms with Crippen LogP contribution in [-0.4, -0.2) is 43.6 Å². The molecule has 1 aliphatic rings. The third-order valence-corrected chi connectivity index (χ3v) is 3.83. The van der Waals surface area contributed by atoms with Gasteiger partial charge in [0.05, 0.1) is 12.0 Å². The van der Waals surface area contributed by atoms with Crippen LogP contribution in [0.4, 0.5) is 0 Å². The second-order valence-corrected chi connectivity index (χ2v) is 5.62. The zero-order chi connectivity index (χ0) is 14.6. The molecule has 0 atom stereocenters. The predicted molar refractivity (Wildman–Crippen MR) is 80.1 cm³/mol. The van der Waals surface area contributed by atoms with Crippen LogP contribution in [0.2, 0.25) is 0 Å². The SMILES string of the molecule is CCOc1ccc(C(C)(C)C(=O)N2CCNCC2)cc1. The smallest absolute Gasteiger partial charge is 0.232 e. The van der Waals surface area contributed by atoms with Crippen molar-refractivity contribution in [1.29, 1.82) is 0 Å². The van der Waals surface area contributed by atoms with E-state index in [0.29, 0.717) is 6.61 Å². The van der Waals surface area contributed by atoms with Gasteiger partial charge in [-0.1, -0.05) is 12.1 Å². The first kappa shape index (κ1) is 14.9. The van der Waals surface area contributed by atoms with E-state index in [2.05, 4.69) is 5.32 Å². The second-order valence-electron chi connectivity index (χ2n) is 5.62. The third-order valence-electron chi connectivity index (χ3n) is 3.83. The van der Waals surface area contributed by atoms with Crippen LogP contribution < -0.4 is 10.1 Å². The van der Waals surface area contributed by atoms with Gasteiger partial charge in [0.1, 0.15) is 5.75 Å². The van der Waals surface area contributed by atoms with Crippen LogP contribution in [0.1, 0.15) is 26.3 Å². The summed E-state index contributed by atoms with van der Waals surface area (Å²) in [6.07, 6.45) is 0. The summed E-state index contributed by atoms with van der Waals surface area (Å²) < 4.78 is 5.45. The maximum absolute atomic E-state index is 12.7. The largest absolute Gasteiger partial charge is 0.494 e. The van der Waals surface area contributed by atoms with Gasteiger partial charge in [0.15, 0.2) is 0 Å². The highest BCUT2D eigenvalue weighted by Gasteiger charge is 2.34. The van der Waals surface area contributed by atoms with E-state index >= 15 is 0 Å². The van der Waals surface area contributed by atoms with Crippen LogP contribution in [0.15, 0.2) is 24.3 Å². The van der Waals surface area contributed by atoms with Crippen LogP contribution in [0.3, 0.4) is 0 Å². The first-order valence-electron chi connectivity index (χ1n) is 7.29. The van der Waals surface area contributed by atoms with Crippen LogP contribution in [0.5, 0.6) is 5.75 Å². The number of piperazine rings is 1. The lowest BCUT2D eigenvalue weighted by molar-refractivity contribution is -0.136. The van der Waals surface area contributed by atoms with Gasteiger partial charge in [-0.25, -0.2) is 0 Å². The molecule has 1 aromatic carbocycles. The molecule has 0 aromatic heterocycles. The summed E-state index contributed by atoms with van der Waals surface area (Å²) in [5.41, 5.74) is 0.534. The van der Waals surface area contributed by atoms with Gasteiger partial charge >= 0.3 is 0 Å². The summed E-state index contributed by atoms with van der Waals surface area (Å²) in [6, 6.07) is 7.85. The van der Waals surface area contributed by atoms with Gasteiger partial charge in [-0.15, -0.1) is 0 Å². The summed E-state index contributed by atoms with van der Waals surface area (Å²) in [6.45, 7) is 9.95. The average Bonchev–Trinajstić information content (AvgIpc) is 2.48. The van der Waals surface area contributed by atoms with Crippen LogP contribution >= 0.6 is 0 Å². The number of benzene rings is 1. The van der Waals surface area contributed by atoms with Crippen molar-refractivity contribution in [1.82, 2.24) is 10.2 Å². The predicted octanol–water partition coefficient (Wildman–Crippen LogP) is 1.79. The normalized spacial score (nSPS) is 16.1. The molecule has 20 heavy (non-hydrogen) atoms. The van der Waals surface area contributed by atoms with E-state index in [9.17, 15) is 4.79 Å². The molecule has 1 heterocycles. The molecule has 1 aliphatic heterocycles. The van der Waals surface area contributed by atoms with Gasteiger partial charge in [0, 0.05) is 26.2 Å². The molecule has 1 amide bonds. The van der Waals surface area contributed by atoms with E-state index < -0.39 is 5.41 Å². The average molecular weight is 276 g/mol. The fourth-order valence-electron chi connectivity index (χ4n) is 2.52. The van der Waals surface area contributed by atoms with Gasteiger partial charge in [-0.2, -0.15) is 0 Å². The highest BCUT2D eigenvalue weighted by molar-refractivity contribution is 5.87. The molecule has 0 unspecified atom stereocenters. The molecule has 2 rings (SSSR count). The fraction of sp³-hybridized carbons (Fsp3) is 0.562. The molecule has 0 aliphatic carbocycles. The van der Waals surface area contributed by atoms with Crippen molar-refractivity contribution < 1.29 is 9.53 Å². The number of ether oxygens (including phenoxy) is 1. The van der Waals surface area contributed by atoms with Crippen molar-refractivity contribution in [2.75, 3.05) is 32.8 Å². The minimum absolute atomic E-state index is 0.197. The minimum atomic E-state index is -0.498. The molecule has 0 bridgehead atoms. The van der Waals surface area contributed by atoms with E-state index in [4.69, 9.17) is 4.74 Å². The number of carbonyl (C=O) groups excluding carboxylic acids is 1. The third kappa shape index (κ3) is 3.12. The summed E-state index contributed by atoms with van der Waals surface area (Å²) in [5, 5.41) is 3.27. The van der Waals surface area contributed by atoms with Crippen molar-refractivity contribution in [3.8, 4) is 5.75 Å². The lowest BCUT2D eigenvalue weighted by Gasteiger charge is -2.35. The van der Waals surface area contributed by atoms with Crippen LogP contribution in [-0.2, 0) is 10.2 Å². The van der Waals surface area contributed by atoms with Crippen molar-refractivity contribution >= 4 is 5.91 Å². The maximum Gasteiger partial charge on any atom is 0.232 e. The summed E-state index contributed by atoms with van der Waals surface area (Å²) >= 11 is 0. The monoisotopic (exact) mass is 276 g/mol. The molecule has 0 radical (unpaired) electrons. The quantitative estimate of drug-likeness (QED) is 0.911. The van der Waals surface area contributed by atoms with E-state index in [1.165, 1.54) is 0 Å². The van der Waals surface area contributed by atoms with Gasteiger partial charge < -0.3 is 15.0 Å². The van der Waals surface area contributed by atoms with Gasteiger partial charge in [0.2, 0.25) is 5.91 Å². The Kier molecular flexibility index (Phi) is 4.65. The molecule has 4 heteroatoms. The first-order valence-corrected chi connectivity index (χ1v) is 7.29. The van der Waals surface area contributed by atoms with Crippen LogP contribution in [0.25, 0.3) is 0 Å². The lowest BCUT2D eigenvalue weighted by Crippen LogP contribution is -2.51. The van der Waals surface area contributed by atoms with E-state index in [1.54, 1.807) is 0 Å². The Balaban J connectivity index is 2.13. The van der Waals surface area contributed by atoms with E-state index in [-0.39, 0.29) is 5.91 Å². The van der Waals surface area contributed by atoms with Crippen molar-refractivity contribution in [2.24, 2.45) is 0 Å². The zero-order valence-electron chi connectivity index (χ0n) is 12.6. The molecular weight excluding hydrogens is 252 g/mol. The molecule has 1 aromatic rings. The Hall–Kier alpha value is -1.55. The van der Waals surface area contributed by atoms with Gasteiger partial charge in [-0.05, 0) is 38.5 Å². The number of carbonyl (C=O) groups is 1. The topological polar surface area (TPSA) is 41.6 Å². The highest BCUT2D eigenvalue weighted by Crippen LogP contribution is 2.27. The second kappa shape index (κ2) is 6.27. The van der Waals surface area contributed by atoms with Crippen molar-refractivity contribution in [3.63, 3.8) is 0 Å². The van der Waals surface area contributed by atoms with Crippen molar-refractivity contribution in [2.45, 2.75) is 26.2 Å². The number of hydrogen-bond acceptors (Lipinski definition) is 3. The number of rotatable bonds is 4. The Morgan fingerprint density at radius 1 is 1.25 bits per heavy atom. The molecule has 1 N–H and O–H groups in total. The Morgan fingerprint density at radius 2 is 1.85 bits per heavy atom.